The highest BCUT2D eigenvalue weighted by Crippen LogP contribution is 2.09. The third-order valence-electron chi connectivity index (χ3n) is 2.81. The van der Waals surface area contributed by atoms with Gasteiger partial charge in [-0.05, 0) is 46.0 Å². The maximum atomic E-state index is 12.1. The van der Waals surface area contributed by atoms with E-state index in [0.29, 0.717) is 24.2 Å². The SMILES string of the molecule is CN(CC=CC#CC(C)(C)C)CC(=O)c1ccc(C#N)cc1. The lowest BCUT2D eigenvalue weighted by Crippen LogP contribution is -2.26. The molecule has 0 aliphatic carbocycles. The molecule has 0 radical (unpaired) electrons. The van der Waals surface area contributed by atoms with Crippen LogP contribution in [0.3, 0.4) is 0 Å². The molecule has 0 atom stereocenters. The molecule has 22 heavy (non-hydrogen) atoms. The van der Waals surface area contributed by atoms with Crippen molar-refractivity contribution in [1.82, 2.24) is 4.90 Å². The summed E-state index contributed by atoms with van der Waals surface area (Å²) in [6.45, 7) is 7.20. The van der Waals surface area contributed by atoms with Gasteiger partial charge >= 0.3 is 0 Å². The molecular formula is C19H22N2O. The second-order valence-electron chi connectivity index (χ2n) is 6.23. The maximum Gasteiger partial charge on any atom is 0.176 e. The molecule has 0 N–H and O–H groups in total. The van der Waals surface area contributed by atoms with Gasteiger partial charge in [0, 0.05) is 17.5 Å². The highest BCUT2D eigenvalue weighted by atomic mass is 16.1. The molecule has 1 aromatic rings. The van der Waals surface area contributed by atoms with Crippen molar-refractivity contribution in [3.05, 3.63) is 47.5 Å². The van der Waals surface area contributed by atoms with E-state index >= 15 is 0 Å². The number of carbonyl (C=O) groups excluding carboxylic acids is 1. The average molecular weight is 294 g/mol. The van der Waals surface area contributed by atoms with E-state index in [1.54, 1.807) is 24.3 Å². The van der Waals surface area contributed by atoms with Crippen molar-refractivity contribution < 1.29 is 4.79 Å². The minimum atomic E-state index is 0.00178. The summed E-state index contributed by atoms with van der Waals surface area (Å²) < 4.78 is 0. The zero-order valence-corrected chi connectivity index (χ0v) is 13.7. The highest BCUT2D eigenvalue weighted by Gasteiger charge is 2.08. The summed E-state index contributed by atoms with van der Waals surface area (Å²) in [6.07, 6.45) is 3.78. The largest absolute Gasteiger partial charge is 0.295 e. The van der Waals surface area contributed by atoms with Gasteiger partial charge in [-0.1, -0.05) is 30.0 Å². The number of carbonyl (C=O) groups is 1. The Bertz CT molecular complexity index is 631. The zero-order chi connectivity index (χ0) is 16.6. The number of nitrogens with zero attached hydrogens (tertiary/aromatic N) is 2. The standard InChI is InChI=1S/C19H22N2O/c1-19(2,3)12-6-5-7-13-21(4)15-18(22)17-10-8-16(14-20)9-11-17/h5,7-11H,13,15H2,1-4H3. The van der Waals surface area contributed by atoms with Crippen LogP contribution in [-0.2, 0) is 0 Å². The molecule has 0 heterocycles. The predicted molar refractivity (Wildman–Crippen MR) is 89.4 cm³/mol. The van der Waals surface area contributed by atoms with E-state index in [2.05, 4.69) is 32.6 Å². The van der Waals surface area contributed by atoms with Crippen molar-refractivity contribution in [3.8, 4) is 17.9 Å². The third-order valence-corrected chi connectivity index (χ3v) is 2.81. The molecule has 3 heteroatoms. The Morgan fingerprint density at radius 1 is 1.27 bits per heavy atom. The number of Topliss-reactive ketones (excluding diaryl/α,β-unsaturated/α-hetero) is 1. The molecule has 0 fully saturated rings. The minimum Gasteiger partial charge on any atom is -0.295 e. The van der Waals surface area contributed by atoms with Crippen molar-refractivity contribution >= 4 is 5.78 Å². The Labute approximate surface area is 133 Å². The second-order valence-corrected chi connectivity index (χ2v) is 6.23. The number of rotatable bonds is 5. The monoisotopic (exact) mass is 294 g/mol. The molecule has 1 aromatic carbocycles. The number of nitriles is 1. The lowest BCUT2D eigenvalue weighted by molar-refractivity contribution is 0.0952. The van der Waals surface area contributed by atoms with Crippen LogP contribution in [0.5, 0.6) is 0 Å². The summed E-state index contributed by atoms with van der Waals surface area (Å²) in [5.41, 5.74) is 1.19. The Balaban J connectivity index is 2.48. The summed E-state index contributed by atoms with van der Waals surface area (Å²) in [7, 11) is 1.89. The fourth-order valence-corrected chi connectivity index (χ4v) is 1.68. The van der Waals surface area contributed by atoms with Crippen LogP contribution in [0.1, 0.15) is 36.7 Å². The summed E-state index contributed by atoms with van der Waals surface area (Å²) >= 11 is 0. The van der Waals surface area contributed by atoms with Crippen LogP contribution in [0.4, 0.5) is 0 Å². The van der Waals surface area contributed by atoms with Crippen molar-refractivity contribution in [1.29, 1.82) is 5.26 Å². The van der Waals surface area contributed by atoms with E-state index in [4.69, 9.17) is 5.26 Å². The molecule has 0 amide bonds. The van der Waals surface area contributed by atoms with Gasteiger partial charge in [-0.15, -0.1) is 0 Å². The first-order valence-corrected chi connectivity index (χ1v) is 7.21. The normalized spacial score (nSPS) is 11.1. The Morgan fingerprint density at radius 2 is 1.91 bits per heavy atom. The van der Waals surface area contributed by atoms with Gasteiger partial charge in [0.15, 0.2) is 5.78 Å². The first-order chi connectivity index (χ1) is 10.3. The molecule has 114 valence electrons. The Morgan fingerprint density at radius 3 is 2.45 bits per heavy atom. The molecule has 0 aliphatic heterocycles. The fraction of sp³-hybridized carbons (Fsp3) is 0.368. The van der Waals surface area contributed by atoms with Crippen LogP contribution in [-0.4, -0.2) is 30.8 Å². The van der Waals surface area contributed by atoms with Crippen LogP contribution in [0, 0.1) is 28.6 Å². The first-order valence-electron chi connectivity index (χ1n) is 7.21. The lowest BCUT2D eigenvalue weighted by atomic mass is 9.98. The number of hydrogen-bond acceptors (Lipinski definition) is 3. The number of likely N-dealkylation sites (N-methyl/N-ethyl adjacent to an activating group) is 1. The van der Waals surface area contributed by atoms with E-state index in [1.165, 1.54) is 0 Å². The van der Waals surface area contributed by atoms with Gasteiger partial charge in [-0.25, -0.2) is 0 Å². The summed E-state index contributed by atoms with van der Waals surface area (Å²) in [5.74, 6) is 6.17. The molecule has 0 unspecified atom stereocenters. The summed E-state index contributed by atoms with van der Waals surface area (Å²) in [5, 5.41) is 8.74. The van der Waals surface area contributed by atoms with Crippen molar-refractivity contribution in [2.75, 3.05) is 20.1 Å². The fourth-order valence-electron chi connectivity index (χ4n) is 1.68. The van der Waals surface area contributed by atoms with Gasteiger partial charge < -0.3 is 0 Å². The van der Waals surface area contributed by atoms with Gasteiger partial charge in [0.05, 0.1) is 18.2 Å². The molecule has 0 spiro atoms. The zero-order valence-electron chi connectivity index (χ0n) is 13.7. The van der Waals surface area contributed by atoms with E-state index in [-0.39, 0.29) is 11.2 Å². The van der Waals surface area contributed by atoms with Gasteiger partial charge in [0.2, 0.25) is 0 Å². The van der Waals surface area contributed by atoms with Crippen LogP contribution >= 0.6 is 0 Å². The number of hydrogen-bond donors (Lipinski definition) is 0. The quantitative estimate of drug-likeness (QED) is 0.618. The van der Waals surface area contributed by atoms with Crippen molar-refractivity contribution in [3.63, 3.8) is 0 Å². The van der Waals surface area contributed by atoms with E-state index in [1.807, 2.05) is 30.2 Å². The summed E-state index contributed by atoms with van der Waals surface area (Å²) in [4.78, 5) is 14.0. The second kappa shape index (κ2) is 8.17. The molecule has 3 nitrogen and oxygen atoms in total. The lowest BCUT2D eigenvalue weighted by Gasteiger charge is -2.13. The molecule has 0 saturated carbocycles. The third kappa shape index (κ3) is 6.88. The van der Waals surface area contributed by atoms with Crippen molar-refractivity contribution in [2.45, 2.75) is 20.8 Å². The molecule has 0 aromatic heterocycles. The van der Waals surface area contributed by atoms with Gasteiger partial charge in [-0.2, -0.15) is 5.26 Å². The average Bonchev–Trinajstić information content (AvgIpc) is 2.45. The first kappa shape index (κ1) is 17.7. The smallest absolute Gasteiger partial charge is 0.176 e. The molecule has 0 aliphatic rings. The molecule has 1 rings (SSSR count). The van der Waals surface area contributed by atoms with E-state index in [0.717, 1.165) is 0 Å². The minimum absolute atomic E-state index is 0.00178. The van der Waals surface area contributed by atoms with Crippen LogP contribution < -0.4 is 0 Å². The number of ketones is 1. The van der Waals surface area contributed by atoms with Gasteiger partial charge in [0.1, 0.15) is 0 Å². The number of allylic oxidation sites excluding steroid dienone is 1. The Hall–Kier alpha value is -2.36. The van der Waals surface area contributed by atoms with E-state index < -0.39 is 0 Å². The molecular weight excluding hydrogens is 272 g/mol. The van der Waals surface area contributed by atoms with E-state index in [9.17, 15) is 4.79 Å². The Kier molecular flexibility index (Phi) is 6.57. The van der Waals surface area contributed by atoms with Gasteiger partial charge in [0.25, 0.3) is 0 Å². The van der Waals surface area contributed by atoms with Crippen molar-refractivity contribution in [2.24, 2.45) is 5.41 Å². The summed E-state index contributed by atoms with van der Waals surface area (Å²) in [6, 6.07) is 8.75. The molecule has 0 bridgehead atoms. The van der Waals surface area contributed by atoms with Gasteiger partial charge in [-0.3, -0.25) is 9.69 Å². The highest BCUT2D eigenvalue weighted by molar-refractivity contribution is 5.97. The van der Waals surface area contributed by atoms with Crippen LogP contribution in [0.15, 0.2) is 36.4 Å². The topological polar surface area (TPSA) is 44.1 Å². The maximum absolute atomic E-state index is 12.1. The van der Waals surface area contributed by atoms with Crippen LogP contribution in [0.2, 0.25) is 0 Å². The van der Waals surface area contributed by atoms with Crippen LogP contribution in [0.25, 0.3) is 0 Å². The number of benzene rings is 1. The molecule has 0 saturated heterocycles. The predicted octanol–water partition coefficient (Wildman–Crippen LogP) is 3.28.